The number of hydrogen-bond donors (Lipinski definition) is 1. The smallest absolute Gasteiger partial charge is 0.273 e. The lowest BCUT2D eigenvalue weighted by atomic mass is 10.00. The van der Waals surface area contributed by atoms with E-state index in [1.54, 1.807) is 30.3 Å². The predicted molar refractivity (Wildman–Crippen MR) is 108 cm³/mol. The van der Waals surface area contributed by atoms with Crippen molar-refractivity contribution in [2.24, 2.45) is 0 Å². The third-order valence-corrected chi connectivity index (χ3v) is 4.70. The van der Waals surface area contributed by atoms with Crippen molar-refractivity contribution < 1.29 is 23.8 Å². The van der Waals surface area contributed by atoms with E-state index in [4.69, 9.17) is 14.2 Å². The van der Waals surface area contributed by atoms with Crippen LogP contribution in [0, 0.1) is 6.92 Å². The molecule has 0 aromatic heterocycles. The number of rotatable bonds is 3. The number of hydrogen-bond acceptors (Lipinski definition) is 5. The Morgan fingerprint density at radius 1 is 1.10 bits per heavy atom. The van der Waals surface area contributed by atoms with Crippen LogP contribution in [0.25, 0.3) is 0 Å². The van der Waals surface area contributed by atoms with E-state index >= 15 is 0 Å². The monoisotopic (exact) mass is 398 g/mol. The molecule has 0 saturated heterocycles. The summed E-state index contributed by atoms with van der Waals surface area (Å²) in [5.74, 6) is 0.346. The van der Waals surface area contributed by atoms with Crippen LogP contribution in [0.3, 0.4) is 0 Å². The molecule has 2 aromatic carbocycles. The van der Waals surface area contributed by atoms with Crippen LogP contribution in [-0.2, 0) is 11.3 Å². The first-order valence-corrected chi connectivity index (χ1v) is 9.35. The van der Waals surface area contributed by atoms with Crippen molar-refractivity contribution in [2.45, 2.75) is 39.8 Å². The van der Waals surface area contributed by atoms with Crippen molar-refractivity contribution in [3.8, 4) is 11.5 Å². The van der Waals surface area contributed by atoms with Gasteiger partial charge < -0.3 is 14.2 Å². The number of amides is 2. The molecule has 3 rings (SSSR count). The SMILES string of the molecule is COc1ccccc1C(=O)NN(C(=O)c1ccc2c(c1C)OCOC2)C(C)(C)C. The Kier molecular flexibility index (Phi) is 5.79. The number of para-hydroxylation sites is 1. The molecule has 0 spiro atoms. The fraction of sp³-hybridized carbons (Fsp3) is 0.364. The summed E-state index contributed by atoms with van der Waals surface area (Å²) in [5.41, 5.74) is 4.51. The summed E-state index contributed by atoms with van der Waals surface area (Å²) in [6, 6.07) is 10.4. The standard InChI is InChI=1S/C22H26N2O5/c1-14-16(11-10-15-12-28-13-29-19(14)15)21(26)24(22(2,3)4)23-20(25)17-8-6-7-9-18(17)27-5/h6-11H,12-13H2,1-5H3,(H,23,25). The number of hydrazine groups is 1. The predicted octanol–water partition coefficient (Wildman–Crippen LogP) is 3.46. The van der Waals surface area contributed by atoms with Gasteiger partial charge in [-0.1, -0.05) is 18.2 Å². The van der Waals surface area contributed by atoms with Gasteiger partial charge in [0.1, 0.15) is 11.5 Å². The summed E-state index contributed by atoms with van der Waals surface area (Å²) in [6.07, 6.45) is 0. The van der Waals surface area contributed by atoms with E-state index in [9.17, 15) is 9.59 Å². The summed E-state index contributed by atoms with van der Waals surface area (Å²) >= 11 is 0. The Morgan fingerprint density at radius 2 is 1.83 bits per heavy atom. The highest BCUT2D eigenvalue weighted by atomic mass is 16.7. The highest BCUT2D eigenvalue weighted by Gasteiger charge is 2.32. The van der Waals surface area contributed by atoms with Crippen LogP contribution in [0.15, 0.2) is 36.4 Å². The molecule has 29 heavy (non-hydrogen) atoms. The van der Waals surface area contributed by atoms with E-state index in [1.807, 2.05) is 33.8 Å². The van der Waals surface area contributed by atoms with Crippen LogP contribution >= 0.6 is 0 Å². The lowest BCUT2D eigenvalue weighted by Gasteiger charge is -2.36. The highest BCUT2D eigenvalue weighted by Crippen LogP contribution is 2.31. The molecule has 2 aromatic rings. The Labute approximate surface area is 170 Å². The van der Waals surface area contributed by atoms with Gasteiger partial charge in [0.15, 0.2) is 6.79 Å². The van der Waals surface area contributed by atoms with Crippen molar-refractivity contribution >= 4 is 11.8 Å². The molecule has 154 valence electrons. The normalized spacial score (nSPS) is 13.1. The number of carbonyl (C=O) groups excluding carboxylic acids is 2. The van der Waals surface area contributed by atoms with Crippen molar-refractivity contribution in [1.29, 1.82) is 0 Å². The van der Waals surface area contributed by atoms with Crippen molar-refractivity contribution in [2.75, 3.05) is 13.9 Å². The first-order valence-electron chi connectivity index (χ1n) is 9.35. The second kappa shape index (κ2) is 8.13. The van der Waals surface area contributed by atoms with Crippen LogP contribution < -0.4 is 14.9 Å². The number of nitrogens with zero attached hydrogens (tertiary/aromatic N) is 1. The minimum atomic E-state index is -0.666. The Balaban J connectivity index is 1.94. The van der Waals surface area contributed by atoms with Crippen molar-refractivity contribution in [1.82, 2.24) is 10.4 Å². The van der Waals surface area contributed by atoms with E-state index in [2.05, 4.69) is 5.43 Å². The number of benzene rings is 2. The molecule has 0 fully saturated rings. The van der Waals surface area contributed by atoms with Gasteiger partial charge in [0.2, 0.25) is 0 Å². The van der Waals surface area contributed by atoms with Gasteiger partial charge in [-0.05, 0) is 45.9 Å². The van der Waals surface area contributed by atoms with Crippen LogP contribution in [0.2, 0.25) is 0 Å². The minimum absolute atomic E-state index is 0.152. The van der Waals surface area contributed by atoms with Crippen LogP contribution in [0.1, 0.15) is 52.6 Å². The molecule has 7 heteroatoms. The third kappa shape index (κ3) is 4.19. The largest absolute Gasteiger partial charge is 0.496 e. The lowest BCUT2D eigenvalue weighted by Crippen LogP contribution is -2.56. The topological polar surface area (TPSA) is 77.1 Å². The molecule has 1 aliphatic heterocycles. The zero-order chi connectivity index (χ0) is 21.2. The van der Waals surface area contributed by atoms with E-state index in [1.165, 1.54) is 12.1 Å². The number of ether oxygens (including phenoxy) is 3. The van der Waals surface area contributed by atoms with Crippen LogP contribution in [-0.4, -0.2) is 36.3 Å². The zero-order valence-corrected chi connectivity index (χ0v) is 17.4. The summed E-state index contributed by atoms with van der Waals surface area (Å²) in [6.45, 7) is 7.99. The van der Waals surface area contributed by atoms with Gasteiger partial charge in [-0.15, -0.1) is 0 Å². The number of methoxy groups -OCH3 is 1. The second-order valence-electron chi connectivity index (χ2n) is 7.79. The van der Waals surface area contributed by atoms with Gasteiger partial charge in [-0.2, -0.15) is 0 Å². The fourth-order valence-electron chi connectivity index (χ4n) is 3.18. The molecule has 0 radical (unpaired) electrons. The second-order valence-corrected chi connectivity index (χ2v) is 7.79. The highest BCUT2D eigenvalue weighted by molar-refractivity contribution is 6.01. The molecule has 7 nitrogen and oxygen atoms in total. The van der Waals surface area contributed by atoms with Crippen LogP contribution in [0.4, 0.5) is 0 Å². The third-order valence-electron chi connectivity index (χ3n) is 4.70. The molecule has 0 aliphatic carbocycles. The van der Waals surface area contributed by atoms with Crippen LogP contribution in [0.5, 0.6) is 11.5 Å². The number of fused-ring (bicyclic) bond motifs is 1. The Hall–Kier alpha value is -3.06. The van der Waals surface area contributed by atoms with E-state index in [-0.39, 0.29) is 12.7 Å². The number of carbonyl (C=O) groups is 2. The summed E-state index contributed by atoms with van der Waals surface area (Å²) in [7, 11) is 1.50. The molecular formula is C22H26N2O5. The zero-order valence-electron chi connectivity index (χ0n) is 17.4. The van der Waals surface area contributed by atoms with Gasteiger partial charge in [-0.25, -0.2) is 5.01 Å². The molecule has 0 saturated carbocycles. The van der Waals surface area contributed by atoms with Gasteiger partial charge in [-0.3, -0.25) is 15.0 Å². The molecular weight excluding hydrogens is 372 g/mol. The van der Waals surface area contributed by atoms with Gasteiger partial charge in [0, 0.05) is 16.7 Å². The van der Waals surface area contributed by atoms with Gasteiger partial charge in [0.05, 0.1) is 24.8 Å². The molecule has 0 atom stereocenters. The van der Waals surface area contributed by atoms with Gasteiger partial charge in [0.25, 0.3) is 11.8 Å². The molecule has 1 aliphatic rings. The van der Waals surface area contributed by atoms with Gasteiger partial charge >= 0.3 is 0 Å². The Morgan fingerprint density at radius 3 is 2.52 bits per heavy atom. The van der Waals surface area contributed by atoms with E-state index in [0.29, 0.717) is 29.2 Å². The average Bonchev–Trinajstić information content (AvgIpc) is 2.71. The van der Waals surface area contributed by atoms with Crippen molar-refractivity contribution in [3.63, 3.8) is 0 Å². The summed E-state index contributed by atoms with van der Waals surface area (Å²) in [4.78, 5) is 26.3. The van der Waals surface area contributed by atoms with Crippen molar-refractivity contribution in [3.05, 3.63) is 58.7 Å². The molecule has 2 amide bonds. The summed E-state index contributed by atoms with van der Waals surface area (Å²) < 4.78 is 16.2. The molecule has 1 N–H and O–H groups in total. The maximum atomic E-state index is 13.4. The number of nitrogens with one attached hydrogen (secondary N) is 1. The molecule has 0 bridgehead atoms. The Bertz CT molecular complexity index is 933. The molecule has 0 unspecified atom stereocenters. The first-order chi connectivity index (χ1) is 13.7. The quantitative estimate of drug-likeness (QED) is 0.802. The van der Waals surface area contributed by atoms with E-state index < -0.39 is 11.4 Å². The maximum Gasteiger partial charge on any atom is 0.273 e. The molecule has 1 heterocycles. The fourth-order valence-corrected chi connectivity index (χ4v) is 3.18. The maximum absolute atomic E-state index is 13.4. The van der Waals surface area contributed by atoms with E-state index in [0.717, 1.165) is 11.1 Å². The first kappa shape index (κ1) is 20.7. The summed E-state index contributed by atoms with van der Waals surface area (Å²) in [5, 5.41) is 1.34. The average molecular weight is 398 g/mol. The lowest BCUT2D eigenvalue weighted by molar-refractivity contribution is -0.0170. The minimum Gasteiger partial charge on any atom is -0.496 e.